The van der Waals surface area contributed by atoms with Gasteiger partial charge in [0.1, 0.15) is 5.82 Å². The molecule has 0 bridgehead atoms. The first kappa shape index (κ1) is 16.8. The number of carbonyl (C=O) groups is 1. The van der Waals surface area contributed by atoms with Crippen LogP contribution in [0.1, 0.15) is 10.4 Å². The number of piperazine rings is 1. The fourth-order valence-electron chi connectivity index (χ4n) is 2.83. The van der Waals surface area contributed by atoms with Crippen molar-refractivity contribution >= 4 is 17.3 Å². The van der Waals surface area contributed by atoms with Crippen LogP contribution < -0.4 is 4.90 Å². The first-order valence-corrected chi connectivity index (χ1v) is 7.70. The largest absolute Gasteiger partial charge is 0.366 e. The molecule has 0 aliphatic carbocycles. The smallest absolute Gasteiger partial charge is 0.305 e. The zero-order valence-electron chi connectivity index (χ0n) is 13.2. The number of amides is 1. The number of hydrogen-bond donors (Lipinski definition) is 0. The summed E-state index contributed by atoms with van der Waals surface area (Å²) in [4.78, 5) is 25.8. The molecule has 25 heavy (non-hydrogen) atoms. The molecule has 0 unspecified atom stereocenters. The molecule has 2 aromatic carbocycles. The van der Waals surface area contributed by atoms with Crippen molar-refractivity contribution in [2.75, 3.05) is 31.1 Å². The number of anilines is 1. The van der Waals surface area contributed by atoms with Gasteiger partial charge in [0.2, 0.25) is 5.82 Å². The van der Waals surface area contributed by atoms with Crippen molar-refractivity contribution in [3.63, 3.8) is 0 Å². The van der Waals surface area contributed by atoms with Crippen molar-refractivity contribution in [1.29, 1.82) is 0 Å². The zero-order chi connectivity index (χ0) is 18.0. The normalized spacial score (nSPS) is 14.5. The van der Waals surface area contributed by atoms with Crippen molar-refractivity contribution in [3.05, 3.63) is 69.8 Å². The second-order valence-corrected chi connectivity index (χ2v) is 5.65. The molecule has 1 aliphatic rings. The summed E-state index contributed by atoms with van der Waals surface area (Å²) in [6.45, 7) is 1.57. The van der Waals surface area contributed by atoms with Crippen LogP contribution in [0.15, 0.2) is 42.5 Å². The molecule has 3 rings (SSSR count). The summed E-state index contributed by atoms with van der Waals surface area (Å²) in [5, 5.41) is 10.8. The predicted octanol–water partition coefficient (Wildman–Crippen LogP) is 2.84. The molecule has 0 saturated carbocycles. The fourth-order valence-corrected chi connectivity index (χ4v) is 2.83. The summed E-state index contributed by atoms with van der Waals surface area (Å²) in [5.41, 5.74) is -0.185. The standard InChI is InChI=1S/C17H15F2N3O3/c18-13-3-1-2-4-15(13)20-7-9-21(10-8-20)17(23)12-5-6-14(19)16(11-12)22(24)25/h1-6,11H,7-10H2. The van der Waals surface area contributed by atoms with Crippen LogP contribution in [-0.4, -0.2) is 41.9 Å². The van der Waals surface area contributed by atoms with E-state index in [9.17, 15) is 23.7 Å². The van der Waals surface area contributed by atoms with Gasteiger partial charge >= 0.3 is 5.69 Å². The number of benzene rings is 2. The molecule has 6 nitrogen and oxygen atoms in total. The summed E-state index contributed by atoms with van der Waals surface area (Å²) in [5.74, 6) is -1.71. The highest BCUT2D eigenvalue weighted by molar-refractivity contribution is 5.95. The summed E-state index contributed by atoms with van der Waals surface area (Å²) in [6, 6.07) is 9.50. The Morgan fingerprint density at radius 3 is 2.32 bits per heavy atom. The molecule has 130 valence electrons. The number of halogens is 2. The molecule has 0 aromatic heterocycles. The van der Waals surface area contributed by atoms with Crippen molar-refractivity contribution in [2.24, 2.45) is 0 Å². The van der Waals surface area contributed by atoms with Gasteiger partial charge in [-0.2, -0.15) is 4.39 Å². The second-order valence-electron chi connectivity index (χ2n) is 5.65. The number of para-hydroxylation sites is 1. The van der Waals surface area contributed by atoms with Gasteiger partial charge < -0.3 is 9.80 Å². The highest BCUT2D eigenvalue weighted by Crippen LogP contribution is 2.22. The van der Waals surface area contributed by atoms with Crippen LogP contribution >= 0.6 is 0 Å². The van der Waals surface area contributed by atoms with E-state index in [0.717, 1.165) is 12.1 Å². The van der Waals surface area contributed by atoms with Gasteiger partial charge in [-0.15, -0.1) is 0 Å². The molecule has 0 radical (unpaired) electrons. The van der Waals surface area contributed by atoms with E-state index in [2.05, 4.69) is 0 Å². The van der Waals surface area contributed by atoms with Gasteiger partial charge in [-0.05, 0) is 24.3 Å². The molecule has 1 saturated heterocycles. The maximum atomic E-state index is 13.8. The summed E-state index contributed by atoms with van der Waals surface area (Å²) in [6.07, 6.45) is 0. The van der Waals surface area contributed by atoms with E-state index in [-0.39, 0.29) is 11.4 Å². The number of nitro benzene ring substituents is 1. The Labute approximate surface area is 142 Å². The van der Waals surface area contributed by atoms with Crippen molar-refractivity contribution in [3.8, 4) is 0 Å². The molecule has 0 spiro atoms. The Kier molecular flexibility index (Phi) is 4.60. The molecule has 1 heterocycles. The first-order valence-electron chi connectivity index (χ1n) is 7.70. The van der Waals surface area contributed by atoms with Crippen LogP contribution in [0.2, 0.25) is 0 Å². The molecule has 8 heteroatoms. The average molecular weight is 347 g/mol. The Bertz CT molecular complexity index is 821. The quantitative estimate of drug-likeness (QED) is 0.633. The van der Waals surface area contributed by atoms with Crippen molar-refractivity contribution in [1.82, 2.24) is 4.90 Å². The Morgan fingerprint density at radius 1 is 1.00 bits per heavy atom. The number of nitro groups is 1. The van der Waals surface area contributed by atoms with Crippen LogP contribution in [0.25, 0.3) is 0 Å². The number of carbonyl (C=O) groups excluding carboxylic acids is 1. The molecule has 0 atom stereocenters. The maximum Gasteiger partial charge on any atom is 0.305 e. The third-order valence-electron chi connectivity index (χ3n) is 4.15. The van der Waals surface area contributed by atoms with Crippen molar-refractivity contribution < 1.29 is 18.5 Å². The molecule has 1 fully saturated rings. The van der Waals surface area contributed by atoms with Crippen LogP contribution in [0.4, 0.5) is 20.2 Å². The lowest BCUT2D eigenvalue weighted by Crippen LogP contribution is -2.49. The molecule has 1 amide bonds. The second kappa shape index (κ2) is 6.84. The van der Waals surface area contributed by atoms with Gasteiger partial charge in [0.15, 0.2) is 0 Å². The summed E-state index contributed by atoms with van der Waals surface area (Å²) in [7, 11) is 0. The zero-order valence-corrected chi connectivity index (χ0v) is 13.2. The molecule has 2 aromatic rings. The van der Waals surface area contributed by atoms with E-state index in [1.54, 1.807) is 18.2 Å². The van der Waals surface area contributed by atoms with Gasteiger partial charge in [0.25, 0.3) is 5.91 Å². The molecule has 1 aliphatic heterocycles. The summed E-state index contributed by atoms with van der Waals surface area (Å²) >= 11 is 0. The van der Waals surface area contributed by atoms with E-state index < -0.39 is 22.3 Å². The van der Waals surface area contributed by atoms with E-state index in [1.807, 2.05) is 4.90 Å². The minimum atomic E-state index is -0.981. The lowest BCUT2D eigenvalue weighted by atomic mass is 10.1. The Morgan fingerprint density at radius 2 is 1.68 bits per heavy atom. The lowest BCUT2D eigenvalue weighted by Gasteiger charge is -2.36. The van der Waals surface area contributed by atoms with E-state index >= 15 is 0 Å². The predicted molar refractivity (Wildman–Crippen MR) is 87.6 cm³/mol. The minimum Gasteiger partial charge on any atom is -0.366 e. The molecular weight excluding hydrogens is 332 g/mol. The monoisotopic (exact) mass is 347 g/mol. The van der Waals surface area contributed by atoms with Gasteiger partial charge in [0.05, 0.1) is 10.6 Å². The van der Waals surface area contributed by atoms with Gasteiger partial charge in [-0.1, -0.05) is 12.1 Å². The minimum absolute atomic E-state index is 0.0624. The Hall–Kier alpha value is -3.03. The van der Waals surface area contributed by atoms with E-state index in [1.165, 1.54) is 17.0 Å². The summed E-state index contributed by atoms with van der Waals surface area (Å²) < 4.78 is 27.2. The first-order chi connectivity index (χ1) is 12.0. The molecule has 0 N–H and O–H groups in total. The topological polar surface area (TPSA) is 66.7 Å². The third-order valence-corrected chi connectivity index (χ3v) is 4.15. The lowest BCUT2D eigenvalue weighted by molar-refractivity contribution is -0.387. The third kappa shape index (κ3) is 3.42. The highest BCUT2D eigenvalue weighted by atomic mass is 19.1. The Balaban J connectivity index is 1.71. The highest BCUT2D eigenvalue weighted by Gasteiger charge is 2.25. The van der Waals surface area contributed by atoms with Crippen molar-refractivity contribution in [2.45, 2.75) is 0 Å². The number of nitrogens with zero attached hydrogens (tertiary/aromatic N) is 3. The van der Waals surface area contributed by atoms with E-state index in [4.69, 9.17) is 0 Å². The molecular formula is C17H15F2N3O3. The maximum absolute atomic E-state index is 13.8. The SMILES string of the molecule is O=C(c1ccc(F)c([N+](=O)[O-])c1)N1CCN(c2ccccc2F)CC1. The fraction of sp³-hybridized carbons (Fsp3) is 0.235. The number of hydrogen-bond acceptors (Lipinski definition) is 4. The van der Waals surface area contributed by atoms with Gasteiger partial charge in [-0.3, -0.25) is 14.9 Å². The van der Waals surface area contributed by atoms with Crippen LogP contribution in [0.3, 0.4) is 0 Å². The van der Waals surface area contributed by atoms with Crippen LogP contribution in [0, 0.1) is 21.7 Å². The average Bonchev–Trinajstić information content (AvgIpc) is 2.62. The van der Waals surface area contributed by atoms with E-state index in [0.29, 0.717) is 31.9 Å². The number of rotatable bonds is 3. The van der Waals surface area contributed by atoms with Crippen LogP contribution in [0.5, 0.6) is 0 Å². The van der Waals surface area contributed by atoms with Crippen LogP contribution in [-0.2, 0) is 0 Å². The van der Waals surface area contributed by atoms with Gasteiger partial charge in [0, 0.05) is 37.8 Å². The van der Waals surface area contributed by atoms with Gasteiger partial charge in [-0.25, -0.2) is 4.39 Å².